The normalized spacial score (nSPS) is 11.4. The zero-order valence-corrected chi connectivity index (χ0v) is 13.9. The molecule has 0 fully saturated rings. The van der Waals surface area contributed by atoms with Gasteiger partial charge >= 0.3 is 0 Å². The molecule has 2 nitrogen and oxygen atoms in total. The van der Waals surface area contributed by atoms with Gasteiger partial charge in [0.05, 0.1) is 0 Å². The first-order valence-corrected chi connectivity index (χ1v) is 8.02. The molecular formula is C16H24BrNO. The Balaban J connectivity index is 2.81. The van der Waals surface area contributed by atoms with Gasteiger partial charge in [-0.2, -0.15) is 0 Å². The zero-order chi connectivity index (χ0) is 14.5. The van der Waals surface area contributed by atoms with E-state index in [0.717, 1.165) is 41.4 Å². The van der Waals surface area contributed by atoms with E-state index >= 15 is 0 Å². The number of halogens is 1. The third-order valence-corrected chi connectivity index (χ3v) is 5.31. The molecule has 1 aromatic carbocycles. The van der Waals surface area contributed by atoms with E-state index < -0.39 is 0 Å². The number of aryl methyl sites for hydroxylation is 2. The highest BCUT2D eigenvalue weighted by Gasteiger charge is 2.26. The van der Waals surface area contributed by atoms with Gasteiger partial charge in [-0.05, 0) is 43.2 Å². The van der Waals surface area contributed by atoms with Gasteiger partial charge in [0.25, 0.3) is 5.91 Å². The Labute approximate surface area is 125 Å². The van der Waals surface area contributed by atoms with Gasteiger partial charge in [0, 0.05) is 17.4 Å². The summed E-state index contributed by atoms with van der Waals surface area (Å²) in [5.41, 5.74) is 3.05. The smallest absolute Gasteiger partial charge is 0.251 e. The average molecular weight is 326 g/mol. The van der Waals surface area contributed by atoms with E-state index in [4.69, 9.17) is 0 Å². The van der Waals surface area contributed by atoms with Crippen LogP contribution in [0.3, 0.4) is 0 Å². The minimum absolute atomic E-state index is 0.0443. The first-order valence-electron chi connectivity index (χ1n) is 6.90. The molecule has 0 spiro atoms. The molecule has 0 saturated carbocycles. The lowest BCUT2D eigenvalue weighted by molar-refractivity contribution is 0.0931. The molecule has 0 saturated heterocycles. The van der Waals surface area contributed by atoms with Crippen molar-refractivity contribution < 1.29 is 4.79 Å². The van der Waals surface area contributed by atoms with Crippen LogP contribution >= 0.6 is 15.9 Å². The minimum atomic E-state index is 0.0443. The van der Waals surface area contributed by atoms with E-state index in [1.165, 1.54) is 0 Å². The van der Waals surface area contributed by atoms with Crippen LogP contribution in [-0.4, -0.2) is 17.8 Å². The molecule has 106 valence electrons. The highest BCUT2D eigenvalue weighted by Crippen LogP contribution is 2.28. The minimum Gasteiger partial charge on any atom is -0.351 e. The lowest BCUT2D eigenvalue weighted by atomic mass is 9.84. The van der Waals surface area contributed by atoms with Crippen molar-refractivity contribution in [2.24, 2.45) is 5.41 Å². The summed E-state index contributed by atoms with van der Waals surface area (Å²) < 4.78 is 0. The van der Waals surface area contributed by atoms with Crippen molar-refractivity contribution in [3.63, 3.8) is 0 Å². The summed E-state index contributed by atoms with van der Waals surface area (Å²) in [4.78, 5) is 12.4. The Morgan fingerprint density at radius 3 is 2.16 bits per heavy atom. The van der Waals surface area contributed by atoms with Crippen molar-refractivity contribution in [3.8, 4) is 0 Å². The van der Waals surface area contributed by atoms with Crippen LogP contribution in [0.5, 0.6) is 0 Å². The first-order chi connectivity index (χ1) is 8.99. The van der Waals surface area contributed by atoms with Crippen molar-refractivity contribution in [3.05, 3.63) is 34.9 Å². The van der Waals surface area contributed by atoms with Gasteiger partial charge in [0.15, 0.2) is 0 Å². The average Bonchev–Trinajstić information content (AvgIpc) is 2.41. The van der Waals surface area contributed by atoms with Gasteiger partial charge in [-0.3, -0.25) is 4.79 Å². The van der Waals surface area contributed by atoms with E-state index in [2.05, 4.69) is 35.1 Å². The van der Waals surface area contributed by atoms with Crippen molar-refractivity contribution >= 4 is 21.8 Å². The number of hydrogen-bond donors (Lipinski definition) is 1. The Morgan fingerprint density at radius 1 is 1.21 bits per heavy atom. The van der Waals surface area contributed by atoms with Crippen LogP contribution in [0.25, 0.3) is 0 Å². The van der Waals surface area contributed by atoms with Gasteiger partial charge in [0.2, 0.25) is 0 Å². The quantitative estimate of drug-likeness (QED) is 0.779. The molecule has 0 aromatic heterocycles. The molecule has 0 aliphatic carbocycles. The number of carbonyl (C=O) groups excluding carboxylic acids is 1. The number of nitrogens with one attached hydrogen (secondary N) is 1. The van der Waals surface area contributed by atoms with Crippen molar-refractivity contribution in [1.29, 1.82) is 0 Å². The van der Waals surface area contributed by atoms with Crippen LogP contribution < -0.4 is 5.32 Å². The SMILES string of the molecule is CCC(CC)(CBr)CNC(=O)c1c(C)cccc1C. The molecule has 0 aliphatic rings. The molecular weight excluding hydrogens is 302 g/mol. The standard InChI is InChI=1S/C16H24BrNO/c1-5-16(6-2,10-17)11-18-15(19)14-12(3)8-7-9-13(14)4/h7-9H,5-6,10-11H2,1-4H3,(H,18,19). The van der Waals surface area contributed by atoms with E-state index in [1.807, 2.05) is 32.0 Å². The Morgan fingerprint density at radius 2 is 1.74 bits per heavy atom. The van der Waals surface area contributed by atoms with Crippen LogP contribution in [0.15, 0.2) is 18.2 Å². The number of amides is 1. The monoisotopic (exact) mass is 325 g/mol. The maximum atomic E-state index is 12.4. The summed E-state index contributed by atoms with van der Waals surface area (Å²) >= 11 is 3.58. The molecule has 3 heteroatoms. The van der Waals surface area contributed by atoms with Crippen LogP contribution in [0.2, 0.25) is 0 Å². The lowest BCUT2D eigenvalue weighted by Gasteiger charge is -2.29. The molecule has 0 heterocycles. The number of rotatable bonds is 6. The Bertz CT molecular complexity index is 410. The fourth-order valence-electron chi connectivity index (χ4n) is 2.27. The van der Waals surface area contributed by atoms with Gasteiger partial charge in [-0.1, -0.05) is 48.0 Å². The topological polar surface area (TPSA) is 29.1 Å². The summed E-state index contributed by atoms with van der Waals surface area (Å²) in [6, 6.07) is 5.96. The fourth-order valence-corrected chi connectivity index (χ4v) is 3.26. The van der Waals surface area contributed by atoms with E-state index in [9.17, 15) is 4.79 Å². The predicted octanol–water partition coefficient (Wildman–Crippen LogP) is 4.23. The van der Waals surface area contributed by atoms with Crippen LogP contribution in [0.1, 0.15) is 48.2 Å². The molecule has 0 aliphatic heterocycles. The van der Waals surface area contributed by atoms with E-state index in [-0.39, 0.29) is 11.3 Å². The van der Waals surface area contributed by atoms with E-state index in [0.29, 0.717) is 0 Å². The lowest BCUT2D eigenvalue weighted by Crippen LogP contribution is -2.38. The molecule has 0 atom stereocenters. The molecule has 0 unspecified atom stereocenters. The first kappa shape index (κ1) is 16.2. The highest BCUT2D eigenvalue weighted by molar-refractivity contribution is 9.09. The van der Waals surface area contributed by atoms with Gasteiger partial charge in [0.1, 0.15) is 0 Å². The fraction of sp³-hybridized carbons (Fsp3) is 0.562. The molecule has 19 heavy (non-hydrogen) atoms. The Hall–Kier alpha value is -0.830. The summed E-state index contributed by atoms with van der Waals surface area (Å²) in [6.07, 6.45) is 2.11. The van der Waals surface area contributed by atoms with Gasteiger partial charge in [-0.25, -0.2) is 0 Å². The third kappa shape index (κ3) is 3.82. The number of benzene rings is 1. The summed E-state index contributed by atoms with van der Waals surface area (Å²) in [5.74, 6) is 0.0443. The second-order valence-electron chi connectivity index (χ2n) is 5.29. The molecule has 1 aromatic rings. The molecule has 1 amide bonds. The van der Waals surface area contributed by atoms with Gasteiger partial charge < -0.3 is 5.32 Å². The number of carbonyl (C=O) groups is 1. The number of hydrogen-bond acceptors (Lipinski definition) is 1. The number of alkyl halides is 1. The third-order valence-electron chi connectivity index (χ3n) is 4.12. The Kier molecular flexibility index (Phi) is 6.05. The van der Waals surface area contributed by atoms with Crippen molar-refractivity contribution in [1.82, 2.24) is 5.32 Å². The van der Waals surface area contributed by atoms with Crippen LogP contribution in [0.4, 0.5) is 0 Å². The summed E-state index contributed by atoms with van der Waals surface area (Å²) in [5, 5.41) is 4.02. The molecule has 0 bridgehead atoms. The molecule has 0 radical (unpaired) electrons. The zero-order valence-electron chi connectivity index (χ0n) is 12.3. The maximum absolute atomic E-state index is 12.4. The van der Waals surface area contributed by atoms with Crippen LogP contribution in [-0.2, 0) is 0 Å². The predicted molar refractivity (Wildman–Crippen MR) is 85.1 cm³/mol. The largest absolute Gasteiger partial charge is 0.351 e. The second kappa shape index (κ2) is 7.09. The van der Waals surface area contributed by atoms with Crippen molar-refractivity contribution in [2.75, 3.05) is 11.9 Å². The maximum Gasteiger partial charge on any atom is 0.251 e. The van der Waals surface area contributed by atoms with Gasteiger partial charge in [-0.15, -0.1) is 0 Å². The van der Waals surface area contributed by atoms with Crippen LogP contribution in [0, 0.1) is 19.3 Å². The highest BCUT2D eigenvalue weighted by atomic mass is 79.9. The van der Waals surface area contributed by atoms with E-state index in [1.54, 1.807) is 0 Å². The molecule has 1 rings (SSSR count). The second-order valence-corrected chi connectivity index (χ2v) is 5.85. The summed E-state index contributed by atoms with van der Waals surface area (Å²) in [6.45, 7) is 9.04. The summed E-state index contributed by atoms with van der Waals surface area (Å²) in [7, 11) is 0. The van der Waals surface area contributed by atoms with Crippen molar-refractivity contribution in [2.45, 2.75) is 40.5 Å². The molecule has 1 N–H and O–H groups in total.